The third kappa shape index (κ3) is 4.26. The number of hydrogen-bond donors (Lipinski definition) is 1. The predicted octanol–water partition coefficient (Wildman–Crippen LogP) is 4.44. The number of methoxy groups -OCH3 is 1. The Balaban J connectivity index is 0.00000169. The molecule has 0 unspecified atom stereocenters. The summed E-state index contributed by atoms with van der Waals surface area (Å²) in [6, 6.07) is 9.31. The lowest BCUT2D eigenvalue weighted by atomic mass is 9.83. The third-order valence-corrected chi connectivity index (χ3v) is 4.80. The van der Waals surface area contributed by atoms with Crippen molar-refractivity contribution < 1.29 is 9.66 Å². The molecule has 1 aromatic carbocycles. The van der Waals surface area contributed by atoms with Crippen molar-refractivity contribution in [3.63, 3.8) is 0 Å². The Kier molecular flexibility index (Phi) is 7.38. The second kappa shape index (κ2) is 8.66. The van der Waals surface area contributed by atoms with Crippen LogP contribution in [0.3, 0.4) is 0 Å². The van der Waals surface area contributed by atoms with Crippen LogP contribution >= 0.6 is 24.8 Å². The van der Waals surface area contributed by atoms with Gasteiger partial charge in [0.2, 0.25) is 0 Å². The largest absolute Gasteiger partial charge is 0.490 e. The molecule has 1 fully saturated rings. The molecule has 2 atom stereocenters. The molecule has 0 radical (unpaired) electrons. The number of aromatic nitrogens is 1. The molecule has 26 heavy (non-hydrogen) atoms. The molecule has 142 valence electrons. The number of hydrogen-bond acceptors (Lipinski definition) is 5. The first-order chi connectivity index (χ1) is 11.4. The van der Waals surface area contributed by atoms with E-state index >= 15 is 0 Å². The van der Waals surface area contributed by atoms with E-state index in [0.29, 0.717) is 5.92 Å². The van der Waals surface area contributed by atoms with Gasteiger partial charge in [-0.25, -0.2) is 0 Å². The van der Waals surface area contributed by atoms with Crippen LogP contribution in [0.15, 0.2) is 42.7 Å². The molecule has 8 heteroatoms. The Labute approximate surface area is 165 Å². The summed E-state index contributed by atoms with van der Waals surface area (Å²) < 4.78 is 5.09. The second-order valence-electron chi connectivity index (χ2n) is 6.68. The van der Waals surface area contributed by atoms with Gasteiger partial charge in [0, 0.05) is 36.0 Å². The molecule has 1 aliphatic heterocycles. The maximum Gasteiger partial charge on any atom is 0.311 e. The number of rotatable bonds is 4. The maximum atomic E-state index is 11.3. The van der Waals surface area contributed by atoms with Crippen molar-refractivity contribution in [2.24, 2.45) is 0 Å². The van der Waals surface area contributed by atoms with Crippen molar-refractivity contribution >= 4 is 30.5 Å². The quantitative estimate of drug-likeness (QED) is 0.607. The van der Waals surface area contributed by atoms with Gasteiger partial charge in [-0.3, -0.25) is 15.1 Å². The van der Waals surface area contributed by atoms with Gasteiger partial charge in [-0.2, -0.15) is 0 Å². The van der Waals surface area contributed by atoms with E-state index < -0.39 is 4.92 Å². The first-order valence-corrected chi connectivity index (χ1v) is 7.92. The number of nitrogens with one attached hydrogen (secondary N) is 1. The molecule has 0 bridgehead atoms. The molecule has 0 amide bonds. The highest BCUT2D eigenvalue weighted by molar-refractivity contribution is 5.85. The molecule has 0 aliphatic carbocycles. The standard InChI is InChI=1S/C18H21N3O3.2ClH/c1-18(2)14(12-6-8-19-9-7-12)11-15(20-18)13-4-5-17(24-3)16(10-13)21(22)23;;/h4-10,14-15,20H,11H2,1-3H3;2*1H/t14-,15+;;/m1../s1. The highest BCUT2D eigenvalue weighted by Gasteiger charge is 2.41. The van der Waals surface area contributed by atoms with Crippen LogP contribution in [0, 0.1) is 10.1 Å². The first-order valence-electron chi connectivity index (χ1n) is 7.92. The average molecular weight is 400 g/mol. The predicted molar refractivity (Wildman–Crippen MR) is 106 cm³/mol. The van der Waals surface area contributed by atoms with E-state index in [2.05, 4.69) is 24.1 Å². The summed E-state index contributed by atoms with van der Waals surface area (Å²) >= 11 is 0. The Morgan fingerprint density at radius 2 is 1.85 bits per heavy atom. The second-order valence-corrected chi connectivity index (χ2v) is 6.68. The lowest BCUT2D eigenvalue weighted by Crippen LogP contribution is -2.37. The van der Waals surface area contributed by atoms with Crippen molar-refractivity contribution in [3.05, 3.63) is 64.0 Å². The van der Waals surface area contributed by atoms with Crippen LogP contribution in [-0.2, 0) is 0 Å². The average Bonchev–Trinajstić information content (AvgIpc) is 2.90. The van der Waals surface area contributed by atoms with Gasteiger partial charge in [-0.1, -0.05) is 6.07 Å². The molecule has 2 aromatic rings. The van der Waals surface area contributed by atoms with Gasteiger partial charge < -0.3 is 10.1 Å². The Bertz CT molecular complexity index is 757. The highest BCUT2D eigenvalue weighted by atomic mass is 35.5. The number of benzene rings is 1. The molecule has 1 aromatic heterocycles. The van der Waals surface area contributed by atoms with Crippen LogP contribution in [0.5, 0.6) is 5.75 Å². The van der Waals surface area contributed by atoms with E-state index in [9.17, 15) is 10.1 Å². The summed E-state index contributed by atoms with van der Waals surface area (Å²) in [6.45, 7) is 4.33. The van der Waals surface area contributed by atoms with E-state index in [1.807, 2.05) is 18.2 Å². The Morgan fingerprint density at radius 3 is 2.42 bits per heavy atom. The SMILES string of the molecule is COc1ccc([C@@H]2C[C@H](c3ccncc3)C(C)(C)N2)cc1[N+](=O)[O-].Cl.Cl. The molecule has 0 spiro atoms. The zero-order chi connectivity index (χ0) is 17.3. The summed E-state index contributed by atoms with van der Waals surface area (Å²) in [5.74, 6) is 0.596. The van der Waals surface area contributed by atoms with Crippen LogP contribution in [0.25, 0.3) is 0 Å². The van der Waals surface area contributed by atoms with E-state index in [-0.39, 0.29) is 47.8 Å². The summed E-state index contributed by atoms with van der Waals surface area (Å²) in [4.78, 5) is 14.9. The van der Waals surface area contributed by atoms with Gasteiger partial charge >= 0.3 is 5.69 Å². The van der Waals surface area contributed by atoms with Crippen LogP contribution in [0.1, 0.15) is 43.4 Å². The molecule has 2 heterocycles. The lowest BCUT2D eigenvalue weighted by molar-refractivity contribution is -0.385. The number of halogens is 2. The summed E-state index contributed by atoms with van der Waals surface area (Å²) in [5.41, 5.74) is 2.03. The summed E-state index contributed by atoms with van der Waals surface area (Å²) in [7, 11) is 1.44. The van der Waals surface area contributed by atoms with Gasteiger partial charge in [0.05, 0.1) is 12.0 Å². The maximum absolute atomic E-state index is 11.3. The smallest absolute Gasteiger partial charge is 0.311 e. The van der Waals surface area contributed by atoms with E-state index in [1.165, 1.54) is 12.7 Å². The molecule has 1 N–H and O–H groups in total. The minimum absolute atomic E-state index is 0. The van der Waals surface area contributed by atoms with E-state index in [1.54, 1.807) is 24.5 Å². The van der Waals surface area contributed by atoms with Crippen molar-refractivity contribution in [2.75, 3.05) is 7.11 Å². The number of nitrogens with zero attached hydrogens (tertiary/aromatic N) is 2. The van der Waals surface area contributed by atoms with Crippen molar-refractivity contribution in [3.8, 4) is 5.75 Å². The number of nitro benzene ring substituents is 1. The minimum atomic E-state index is -0.400. The number of ether oxygens (including phenoxy) is 1. The number of pyridine rings is 1. The normalized spacial score (nSPS) is 20.6. The topological polar surface area (TPSA) is 77.3 Å². The van der Waals surface area contributed by atoms with Crippen LogP contribution in [0.2, 0.25) is 0 Å². The Hall–Kier alpha value is -1.89. The van der Waals surface area contributed by atoms with Crippen molar-refractivity contribution in [1.82, 2.24) is 10.3 Å². The van der Waals surface area contributed by atoms with Crippen LogP contribution in [-0.4, -0.2) is 22.6 Å². The van der Waals surface area contributed by atoms with Crippen LogP contribution < -0.4 is 10.1 Å². The van der Waals surface area contributed by atoms with Gasteiger partial charge in [0.1, 0.15) is 0 Å². The lowest BCUT2D eigenvalue weighted by Gasteiger charge is -2.27. The molecular weight excluding hydrogens is 377 g/mol. The van der Waals surface area contributed by atoms with Gasteiger partial charge in [0.15, 0.2) is 5.75 Å². The van der Waals surface area contributed by atoms with Crippen LogP contribution in [0.4, 0.5) is 5.69 Å². The van der Waals surface area contributed by atoms with E-state index in [0.717, 1.165) is 12.0 Å². The van der Waals surface area contributed by atoms with Gasteiger partial charge in [-0.15, -0.1) is 24.8 Å². The van der Waals surface area contributed by atoms with Gasteiger partial charge in [0.25, 0.3) is 0 Å². The monoisotopic (exact) mass is 399 g/mol. The molecule has 1 saturated heterocycles. The zero-order valence-electron chi connectivity index (χ0n) is 14.8. The molecule has 1 aliphatic rings. The third-order valence-electron chi connectivity index (χ3n) is 4.80. The fourth-order valence-corrected chi connectivity index (χ4v) is 3.57. The first kappa shape index (κ1) is 22.2. The zero-order valence-corrected chi connectivity index (χ0v) is 16.5. The van der Waals surface area contributed by atoms with Crippen molar-refractivity contribution in [2.45, 2.75) is 37.8 Å². The van der Waals surface area contributed by atoms with Crippen molar-refractivity contribution in [1.29, 1.82) is 0 Å². The Morgan fingerprint density at radius 1 is 1.19 bits per heavy atom. The van der Waals surface area contributed by atoms with E-state index in [4.69, 9.17) is 4.74 Å². The fourth-order valence-electron chi connectivity index (χ4n) is 3.57. The summed E-state index contributed by atoms with van der Waals surface area (Å²) in [5, 5.41) is 14.9. The molecule has 6 nitrogen and oxygen atoms in total. The molecular formula is C18H23Cl2N3O3. The highest BCUT2D eigenvalue weighted by Crippen LogP contribution is 2.44. The summed E-state index contributed by atoms with van der Waals surface area (Å²) in [6.07, 6.45) is 4.48. The molecule has 3 rings (SSSR count). The van der Waals surface area contributed by atoms with Gasteiger partial charge in [-0.05, 0) is 49.6 Å². The fraction of sp³-hybridized carbons (Fsp3) is 0.389. The molecule has 0 saturated carbocycles. The number of nitro groups is 1. The minimum Gasteiger partial charge on any atom is -0.490 e.